The van der Waals surface area contributed by atoms with Crippen LogP contribution in [-0.4, -0.2) is 39.8 Å². The fraction of sp³-hybridized carbons (Fsp3) is 0.190. The fourth-order valence-electron chi connectivity index (χ4n) is 3.42. The van der Waals surface area contributed by atoms with Crippen molar-refractivity contribution in [2.24, 2.45) is 0 Å². The molecule has 2 heterocycles. The Morgan fingerprint density at radius 3 is 2.66 bits per heavy atom. The third kappa shape index (κ3) is 4.81. The highest BCUT2D eigenvalue weighted by Gasteiger charge is 2.32. The van der Waals surface area contributed by atoms with Crippen LogP contribution < -0.4 is 15.1 Å². The van der Waals surface area contributed by atoms with E-state index in [1.54, 1.807) is 18.2 Å². The molecule has 3 aromatic rings. The van der Waals surface area contributed by atoms with Crippen molar-refractivity contribution >= 4 is 91.0 Å². The summed E-state index contributed by atoms with van der Waals surface area (Å²) in [5, 5.41) is 4.05. The van der Waals surface area contributed by atoms with Gasteiger partial charge in [-0.15, -0.1) is 0 Å². The van der Waals surface area contributed by atoms with Crippen LogP contribution in [0.5, 0.6) is 0 Å². The van der Waals surface area contributed by atoms with Gasteiger partial charge in [-0.3, -0.25) is 9.69 Å². The predicted octanol–water partition coefficient (Wildman–Crippen LogP) is 6.13. The van der Waals surface area contributed by atoms with Gasteiger partial charge in [0.05, 0.1) is 22.4 Å². The Kier molecular flexibility index (Phi) is 7.11. The third-order valence-corrected chi connectivity index (χ3v) is 6.58. The number of halogens is 4. The summed E-state index contributed by atoms with van der Waals surface area (Å²) in [5.41, 5.74) is 2.84. The van der Waals surface area contributed by atoms with Crippen LogP contribution in [0.2, 0.25) is 10.0 Å². The molecular formula is C21H18BrCl2IN6O. The summed E-state index contributed by atoms with van der Waals surface area (Å²) in [4.78, 5) is 25.6. The normalized spacial score (nSPS) is 13.5. The summed E-state index contributed by atoms with van der Waals surface area (Å²) >= 11 is 18.5. The SMILES string of the molecule is CN(I)Cc1cc(Nc2ncc3c(n2)N(C)CN(c2c(Cl)cccc2Cl)C3=O)ccc1Br. The Hall–Kier alpha value is -1.66. The predicted molar refractivity (Wildman–Crippen MR) is 141 cm³/mol. The van der Waals surface area contributed by atoms with Crippen molar-refractivity contribution in [2.45, 2.75) is 6.54 Å². The van der Waals surface area contributed by atoms with Crippen molar-refractivity contribution in [3.63, 3.8) is 0 Å². The number of benzene rings is 2. The molecule has 11 heteroatoms. The number of rotatable bonds is 5. The van der Waals surface area contributed by atoms with Gasteiger partial charge in [-0.1, -0.05) is 45.2 Å². The van der Waals surface area contributed by atoms with Crippen LogP contribution in [0.4, 0.5) is 23.1 Å². The lowest BCUT2D eigenvalue weighted by Crippen LogP contribution is -2.46. The van der Waals surface area contributed by atoms with E-state index in [2.05, 4.69) is 57.2 Å². The van der Waals surface area contributed by atoms with Crippen LogP contribution in [0.15, 0.2) is 47.1 Å². The van der Waals surface area contributed by atoms with Crippen molar-refractivity contribution in [3.8, 4) is 0 Å². The second-order valence-electron chi connectivity index (χ2n) is 7.27. The van der Waals surface area contributed by atoms with E-state index < -0.39 is 0 Å². The zero-order valence-electron chi connectivity index (χ0n) is 17.1. The van der Waals surface area contributed by atoms with Gasteiger partial charge in [0, 0.05) is 52.8 Å². The van der Waals surface area contributed by atoms with Crippen LogP contribution in [0.25, 0.3) is 0 Å². The molecule has 0 bridgehead atoms. The summed E-state index contributed by atoms with van der Waals surface area (Å²) < 4.78 is 3.09. The Balaban J connectivity index is 1.63. The molecule has 1 aromatic heterocycles. The Morgan fingerprint density at radius 1 is 1.25 bits per heavy atom. The monoisotopic (exact) mass is 646 g/mol. The number of carbonyl (C=O) groups is 1. The smallest absolute Gasteiger partial charge is 0.265 e. The van der Waals surface area contributed by atoms with Crippen molar-refractivity contribution in [1.82, 2.24) is 13.1 Å². The summed E-state index contributed by atoms with van der Waals surface area (Å²) in [7, 11) is 3.86. The Morgan fingerprint density at radius 2 is 1.97 bits per heavy atom. The molecule has 1 aliphatic heterocycles. The number of aromatic nitrogens is 2. The van der Waals surface area contributed by atoms with E-state index >= 15 is 0 Å². The molecule has 0 unspecified atom stereocenters. The first-order valence-electron chi connectivity index (χ1n) is 9.51. The van der Waals surface area contributed by atoms with Crippen LogP contribution in [0, 0.1) is 0 Å². The number of amides is 1. The topological polar surface area (TPSA) is 64.6 Å². The van der Waals surface area contributed by atoms with Gasteiger partial charge < -0.3 is 10.2 Å². The number of anilines is 4. The molecule has 1 aliphatic rings. The zero-order valence-corrected chi connectivity index (χ0v) is 22.4. The lowest BCUT2D eigenvalue weighted by Gasteiger charge is -2.35. The number of nitrogens with one attached hydrogen (secondary N) is 1. The van der Waals surface area contributed by atoms with Crippen LogP contribution in [0.3, 0.4) is 0 Å². The van der Waals surface area contributed by atoms with Crippen LogP contribution >= 0.6 is 62.0 Å². The van der Waals surface area contributed by atoms with E-state index in [4.69, 9.17) is 23.2 Å². The maximum atomic E-state index is 13.2. The molecule has 1 amide bonds. The van der Waals surface area contributed by atoms with Crippen molar-refractivity contribution in [3.05, 3.63) is 68.2 Å². The molecule has 7 nitrogen and oxygen atoms in total. The molecule has 2 aromatic carbocycles. The maximum Gasteiger partial charge on any atom is 0.265 e. The lowest BCUT2D eigenvalue weighted by atomic mass is 10.2. The molecule has 0 saturated heterocycles. The average Bonchev–Trinajstić information content (AvgIpc) is 2.73. The largest absolute Gasteiger partial charge is 0.341 e. The first-order chi connectivity index (χ1) is 15.2. The van der Waals surface area contributed by atoms with Gasteiger partial charge in [-0.25, -0.2) is 8.10 Å². The van der Waals surface area contributed by atoms with E-state index in [-0.39, 0.29) is 12.6 Å². The van der Waals surface area contributed by atoms with E-state index in [0.29, 0.717) is 33.1 Å². The molecule has 0 aliphatic carbocycles. The molecule has 4 rings (SSSR count). The molecule has 0 saturated carbocycles. The number of para-hydroxylation sites is 1. The van der Waals surface area contributed by atoms with Crippen LogP contribution in [0.1, 0.15) is 15.9 Å². The summed E-state index contributed by atoms with van der Waals surface area (Å²) in [6.07, 6.45) is 1.53. The van der Waals surface area contributed by atoms with Crippen molar-refractivity contribution in [1.29, 1.82) is 0 Å². The van der Waals surface area contributed by atoms with E-state index in [1.807, 2.05) is 37.2 Å². The number of hydrogen-bond donors (Lipinski definition) is 1. The maximum absolute atomic E-state index is 13.2. The van der Waals surface area contributed by atoms with Gasteiger partial charge in [0.2, 0.25) is 5.95 Å². The molecule has 166 valence electrons. The number of hydrogen-bond acceptors (Lipinski definition) is 6. The van der Waals surface area contributed by atoms with Gasteiger partial charge >= 0.3 is 0 Å². The Labute approximate surface area is 218 Å². The minimum Gasteiger partial charge on any atom is -0.341 e. The summed E-state index contributed by atoms with van der Waals surface area (Å²) in [6.45, 7) is 1.04. The van der Waals surface area contributed by atoms with Gasteiger partial charge in [-0.05, 0) is 42.9 Å². The first kappa shape index (κ1) is 23.5. The van der Waals surface area contributed by atoms with Gasteiger partial charge in [-0.2, -0.15) is 4.98 Å². The first-order valence-corrected chi connectivity index (χ1v) is 12.0. The van der Waals surface area contributed by atoms with E-state index in [0.717, 1.165) is 22.3 Å². The molecule has 0 atom stereocenters. The third-order valence-electron chi connectivity index (χ3n) is 4.86. The highest BCUT2D eigenvalue weighted by Crippen LogP contribution is 2.37. The molecule has 0 spiro atoms. The van der Waals surface area contributed by atoms with E-state index in [1.165, 1.54) is 11.1 Å². The number of fused-ring (bicyclic) bond motifs is 1. The summed E-state index contributed by atoms with van der Waals surface area (Å²) in [6, 6.07) is 11.1. The highest BCUT2D eigenvalue weighted by atomic mass is 127. The Bertz CT molecular complexity index is 1170. The van der Waals surface area contributed by atoms with Crippen molar-refractivity contribution < 1.29 is 4.79 Å². The zero-order chi connectivity index (χ0) is 23.0. The fourth-order valence-corrected chi connectivity index (χ4v) is 4.76. The molecule has 0 fully saturated rings. The van der Waals surface area contributed by atoms with E-state index in [9.17, 15) is 4.79 Å². The van der Waals surface area contributed by atoms with Crippen molar-refractivity contribution in [2.75, 3.05) is 35.9 Å². The number of carbonyl (C=O) groups excluding carboxylic acids is 1. The van der Waals surface area contributed by atoms with Gasteiger partial charge in [0.15, 0.2) is 0 Å². The molecular weight excluding hydrogens is 630 g/mol. The van der Waals surface area contributed by atoms with Gasteiger partial charge in [0.1, 0.15) is 11.4 Å². The molecule has 0 radical (unpaired) electrons. The second kappa shape index (κ2) is 9.68. The summed E-state index contributed by atoms with van der Waals surface area (Å²) in [5.74, 6) is 0.690. The quantitative estimate of drug-likeness (QED) is 0.266. The number of nitrogens with zero attached hydrogens (tertiary/aromatic N) is 5. The molecule has 32 heavy (non-hydrogen) atoms. The lowest BCUT2D eigenvalue weighted by molar-refractivity contribution is 0.0982. The highest BCUT2D eigenvalue weighted by molar-refractivity contribution is 14.1. The minimum absolute atomic E-state index is 0.254. The standard InChI is InChI=1S/C21H18BrCl2IN6O/c1-29-11-31(18-16(23)4-3-5-17(18)24)20(32)14-9-26-21(28-19(14)29)27-13-6-7-15(22)12(8-13)10-30(2)25/h3-9H,10-11H2,1-2H3,(H,26,27,28). The minimum atomic E-state index is -0.254. The van der Waals surface area contributed by atoms with Crippen LogP contribution in [-0.2, 0) is 6.54 Å². The average molecular weight is 648 g/mol. The molecule has 1 N–H and O–H groups in total. The van der Waals surface area contributed by atoms with Gasteiger partial charge in [0.25, 0.3) is 5.91 Å². The second-order valence-corrected chi connectivity index (χ2v) is 10.6.